The summed E-state index contributed by atoms with van der Waals surface area (Å²) in [6.07, 6.45) is 3.36. The molecule has 0 unspecified atom stereocenters. The third-order valence-electron chi connectivity index (χ3n) is 3.78. The number of aromatic nitrogens is 3. The lowest BCUT2D eigenvalue weighted by Gasteiger charge is -2.06. The first-order valence-electron chi connectivity index (χ1n) is 7.17. The zero-order valence-corrected chi connectivity index (χ0v) is 12.1. The maximum atomic E-state index is 13.6. The Morgan fingerprint density at radius 3 is 2.57 bits per heavy atom. The molecule has 4 rings (SSSR count). The van der Waals surface area contributed by atoms with E-state index < -0.39 is 0 Å². The van der Waals surface area contributed by atoms with E-state index in [-0.39, 0.29) is 5.82 Å². The minimum atomic E-state index is -0.305. The number of nitrogens with two attached hydrogens (primary N) is 1. The van der Waals surface area contributed by atoms with Crippen molar-refractivity contribution < 1.29 is 4.39 Å². The van der Waals surface area contributed by atoms with Crippen LogP contribution in [0, 0.1) is 5.82 Å². The molecule has 0 atom stereocenters. The number of fused-ring (bicyclic) bond motifs is 1. The van der Waals surface area contributed by atoms with Gasteiger partial charge < -0.3 is 10.3 Å². The number of hydrogen-bond acceptors (Lipinski definition) is 3. The predicted octanol–water partition coefficient (Wildman–Crippen LogP) is 3.81. The topological polar surface area (TPSA) is 56.7 Å². The summed E-state index contributed by atoms with van der Waals surface area (Å²) in [6.45, 7) is 0. The van der Waals surface area contributed by atoms with E-state index in [2.05, 4.69) is 9.97 Å². The molecule has 23 heavy (non-hydrogen) atoms. The van der Waals surface area contributed by atoms with Crippen LogP contribution in [0.5, 0.6) is 0 Å². The molecule has 0 aliphatic carbocycles. The van der Waals surface area contributed by atoms with Crippen LogP contribution >= 0.6 is 0 Å². The highest BCUT2D eigenvalue weighted by atomic mass is 19.1. The van der Waals surface area contributed by atoms with Gasteiger partial charge in [-0.05, 0) is 23.8 Å². The van der Waals surface area contributed by atoms with Gasteiger partial charge in [-0.25, -0.2) is 14.4 Å². The Morgan fingerprint density at radius 1 is 0.957 bits per heavy atom. The van der Waals surface area contributed by atoms with Gasteiger partial charge in [0.05, 0.1) is 0 Å². The molecule has 0 bridgehead atoms. The SMILES string of the molecule is Nc1ncnc2c(-c3ccccc3)cn(-c3cccc(F)c3)c12. The molecule has 2 heterocycles. The first-order valence-corrected chi connectivity index (χ1v) is 7.17. The van der Waals surface area contributed by atoms with E-state index in [4.69, 9.17) is 5.73 Å². The van der Waals surface area contributed by atoms with Crippen LogP contribution in [-0.2, 0) is 0 Å². The average Bonchev–Trinajstić information content (AvgIpc) is 2.97. The molecular formula is C18H13FN4. The highest BCUT2D eigenvalue weighted by Gasteiger charge is 2.15. The molecule has 0 fully saturated rings. The Kier molecular flexibility index (Phi) is 3.05. The number of benzene rings is 2. The van der Waals surface area contributed by atoms with Crippen molar-refractivity contribution in [3.8, 4) is 16.8 Å². The molecule has 0 radical (unpaired) electrons. The molecular weight excluding hydrogens is 291 g/mol. The molecule has 0 aliphatic rings. The fourth-order valence-corrected chi connectivity index (χ4v) is 2.74. The molecule has 4 aromatic rings. The van der Waals surface area contributed by atoms with Gasteiger partial charge in [0.25, 0.3) is 0 Å². The van der Waals surface area contributed by atoms with Crippen molar-refractivity contribution in [3.05, 3.63) is 72.9 Å². The summed E-state index contributed by atoms with van der Waals surface area (Å²) in [5, 5.41) is 0. The highest BCUT2D eigenvalue weighted by Crippen LogP contribution is 2.33. The Balaban J connectivity index is 2.06. The summed E-state index contributed by atoms with van der Waals surface area (Å²) >= 11 is 0. The standard InChI is InChI=1S/C18H13FN4/c19-13-7-4-8-14(9-13)23-10-15(12-5-2-1-3-6-12)16-17(23)18(20)22-11-21-16/h1-11H,(H2,20,21,22). The van der Waals surface area contributed by atoms with Gasteiger partial charge in [-0.3, -0.25) is 0 Å². The third-order valence-corrected chi connectivity index (χ3v) is 3.78. The van der Waals surface area contributed by atoms with Gasteiger partial charge in [0.2, 0.25) is 0 Å². The first kappa shape index (κ1) is 13.5. The van der Waals surface area contributed by atoms with E-state index in [0.29, 0.717) is 17.0 Å². The van der Waals surface area contributed by atoms with Crippen LogP contribution in [0.1, 0.15) is 0 Å². The molecule has 2 aromatic heterocycles. The van der Waals surface area contributed by atoms with Crippen LogP contribution in [-0.4, -0.2) is 14.5 Å². The van der Waals surface area contributed by atoms with Gasteiger partial charge in [0, 0.05) is 17.4 Å². The third kappa shape index (κ3) is 2.23. The minimum Gasteiger partial charge on any atom is -0.382 e. The molecule has 0 saturated heterocycles. The van der Waals surface area contributed by atoms with Crippen LogP contribution < -0.4 is 5.73 Å². The van der Waals surface area contributed by atoms with Gasteiger partial charge in [0.1, 0.15) is 23.2 Å². The van der Waals surface area contributed by atoms with Crippen molar-refractivity contribution in [2.75, 3.05) is 5.73 Å². The van der Waals surface area contributed by atoms with Crippen molar-refractivity contribution in [3.63, 3.8) is 0 Å². The van der Waals surface area contributed by atoms with Crippen molar-refractivity contribution in [1.82, 2.24) is 14.5 Å². The van der Waals surface area contributed by atoms with Gasteiger partial charge in [-0.15, -0.1) is 0 Å². The monoisotopic (exact) mass is 304 g/mol. The lowest BCUT2D eigenvalue weighted by molar-refractivity contribution is 0.627. The number of nitrogens with zero attached hydrogens (tertiary/aromatic N) is 3. The Morgan fingerprint density at radius 2 is 1.78 bits per heavy atom. The number of rotatable bonds is 2. The maximum Gasteiger partial charge on any atom is 0.151 e. The van der Waals surface area contributed by atoms with Crippen molar-refractivity contribution in [2.45, 2.75) is 0 Å². The fraction of sp³-hybridized carbons (Fsp3) is 0. The second-order valence-electron chi connectivity index (χ2n) is 5.21. The van der Waals surface area contributed by atoms with E-state index in [1.54, 1.807) is 6.07 Å². The van der Waals surface area contributed by atoms with Crippen LogP contribution in [0.3, 0.4) is 0 Å². The van der Waals surface area contributed by atoms with E-state index in [1.165, 1.54) is 18.5 Å². The molecule has 112 valence electrons. The van der Waals surface area contributed by atoms with Gasteiger partial charge in [-0.2, -0.15) is 0 Å². The zero-order valence-electron chi connectivity index (χ0n) is 12.1. The fourth-order valence-electron chi connectivity index (χ4n) is 2.74. The van der Waals surface area contributed by atoms with Gasteiger partial charge in [-0.1, -0.05) is 36.4 Å². The number of nitrogen functional groups attached to an aromatic ring is 1. The highest BCUT2D eigenvalue weighted by molar-refractivity contribution is 5.98. The number of hydrogen-bond donors (Lipinski definition) is 1. The number of anilines is 1. The second kappa shape index (κ2) is 5.21. The summed E-state index contributed by atoms with van der Waals surface area (Å²) in [5.74, 6) is 0.0578. The first-order chi connectivity index (χ1) is 11.2. The number of halogens is 1. The average molecular weight is 304 g/mol. The Labute approximate surface area is 132 Å². The largest absolute Gasteiger partial charge is 0.382 e. The Bertz CT molecular complexity index is 993. The van der Waals surface area contributed by atoms with Crippen molar-refractivity contribution in [2.24, 2.45) is 0 Å². The quantitative estimate of drug-likeness (QED) is 0.612. The van der Waals surface area contributed by atoms with E-state index in [1.807, 2.05) is 47.2 Å². The lowest BCUT2D eigenvalue weighted by Crippen LogP contribution is -1.99. The van der Waals surface area contributed by atoms with Crippen LogP contribution in [0.25, 0.3) is 27.8 Å². The van der Waals surface area contributed by atoms with E-state index in [0.717, 1.165) is 16.6 Å². The van der Waals surface area contributed by atoms with Crippen LogP contribution in [0.15, 0.2) is 67.1 Å². The molecule has 0 saturated carbocycles. The molecule has 0 spiro atoms. The van der Waals surface area contributed by atoms with Crippen molar-refractivity contribution in [1.29, 1.82) is 0 Å². The van der Waals surface area contributed by atoms with E-state index >= 15 is 0 Å². The van der Waals surface area contributed by atoms with Crippen molar-refractivity contribution >= 4 is 16.9 Å². The summed E-state index contributed by atoms with van der Waals surface area (Å²) in [5.41, 5.74) is 10.1. The predicted molar refractivity (Wildman–Crippen MR) is 88.7 cm³/mol. The summed E-state index contributed by atoms with van der Waals surface area (Å²) < 4.78 is 15.4. The molecule has 2 aromatic carbocycles. The van der Waals surface area contributed by atoms with Gasteiger partial charge in [0.15, 0.2) is 5.82 Å². The van der Waals surface area contributed by atoms with Crippen LogP contribution in [0.2, 0.25) is 0 Å². The molecule has 4 nitrogen and oxygen atoms in total. The summed E-state index contributed by atoms with van der Waals surface area (Å²) in [4.78, 5) is 8.46. The molecule has 0 aliphatic heterocycles. The molecule has 2 N–H and O–H groups in total. The minimum absolute atomic E-state index is 0.305. The molecule has 5 heteroatoms. The van der Waals surface area contributed by atoms with Gasteiger partial charge >= 0.3 is 0 Å². The maximum absolute atomic E-state index is 13.6. The normalized spacial score (nSPS) is 11.0. The van der Waals surface area contributed by atoms with Crippen LogP contribution in [0.4, 0.5) is 10.2 Å². The zero-order chi connectivity index (χ0) is 15.8. The molecule has 0 amide bonds. The Hall–Kier alpha value is -3.21. The summed E-state index contributed by atoms with van der Waals surface area (Å²) in [6, 6.07) is 16.2. The second-order valence-corrected chi connectivity index (χ2v) is 5.21. The smallest absolute Gasteiger partial charge is 0.151 e. The lowest BCUT2D eigenvalue weighted by atomic mass is 10.1. The summed E-state index contributed by atoms with van der Waals surface area (Å²) in [7, 11) is 0. The van der Waals surface area contributed by atoms with E-state index in [9.17, 15) is 4.39 Å².